The molecule has 0 aliphatic carbocycles. The topological polar surface area (TPSA) is 70.1 Å². The first-order chi connectivity index (χ1) is 8.32. The van der Waals surface area contributed by atoms with Crippen LogP contribution in [0.25, 0.3) is 0 Å². The van der Waals surface area contributed by atoms with Crippen molar-refractivity contribution < 1.29 is 4.74 Å². The van der Waals surface area contributed by atoms with E-state index in [0.29, 0.717) is 36.4 Å². The highest BCUT2D eigenvalue weighted by Crippen LogP contribution is 2.14. The molecule has 5 nitrogen and oxygen atoms in total. The van der Waals surface area contributed by atoms with Gasteiger partial charge in [-0.3, -0.25) is 9.36 Å². The first-order valence-electron chi connectivity index (χ1n) is 6.31. The van der Waals surface area contributed by atoms with E-state index >= 15 is 0 Å². The Balaban J connectivity index is 3.08. The quantitative estimate of drug-likeness (QED) is 0.865. The van der Waals surface area contributed by atoms with Gasteiger partial charge in [0.05, 0.1) is 12.2 Å². The summed E-state index contributed by atoms with van der Waals surface area (Å²) in [4.78, 5) is 16.3. The molecule has 0 radical (unpaired) electrons. The molecule has 0 bridgehead atoms. The number of nitrogens with zero attached hydrogens (tertiary/aromatic N) is 2. The summed E-state index contributed by atoms with van der Waals surface area (Å²) in [5.41, 5.74) is 6.30. The minimum atomic E-state index is -0.116. The largest absolute Gasteiger partial charge is 0.464 e. The molecular formula is C13H23N3O2. The van der Waals surface area contributed by atoms with Gasteiger partial charge in [-0.25, -0.2) is 0 Å². The first-order valence-corrected chi connectivity index (χ1v) is 6.31. The van der Waals surface area contributed by atoms with Crippen LogP contribution in [-0.4, -0.2) is 16.2 Å². The monoisotopic (exact) mass is 253 g/mol. The maximum Gasteiger partial charge on any atom is 0.300 e. The number of hydrogen-bond donors (Lipinski definition) is 1. The van der Waals surface area contributed by atoms with Crippen molar-refractivity contribution in [1.82, 2.24) is 9.55 Å². The van der Waals surface area contributed by atoms with Crippen LogP contribution in [0.5, 0.6) is 6.01 Å². The first kappa shape index (κ1) is 14.5. The Labute approximate surface area is 108 Å². The summed E-state index contributed by atoms with van der Waals surface area (Å²) in [6, 6.07) is 0.290. The summed E-state index contributed by atoms with van der Waals surface area (Å²) in [5.74, 6) is 1.02. The number of nitrogens with two attached hydrogens (primary N) is 1. The second-order valence-electron chi connectivity index (χ2n) is 5.43. The Morgan fingerprint density at radius 2 is 1.89 bits per heavy atom. The highest BCUT2D eigenvalue weighted by molar-refractivity contribution is 5.39. The zero-order valence-electron chi connectivity index (χ0n) is 11.9. The van der Waals surface area contributed by atoms with Crippen molar-refractivity contribution in [3.63, 3.8) is 0 Å². The summed E-state index contributed by atoms with van der Waals surface area (Å²) < 4.78 is 6.92. The molecule has 1 aromatic rings. The summed E-state index contributed by atoms with van der Waals surface area (Å²) in [5, 5.41) is 0. The molecule has 0 aliphatic rings. The van der Waals surface area contributed by atoms with Crippen molar-refractivity contribution in [3.05, 3.63) is 15.9 Å². The van der Waals surface area contributed by atoms with Crippen molar-refractivity contribution in [2.45, 2.75) is 34.1 Å². The van der Waals surface area contributed by atoms with Crippen LogP contribution < -0.4 is 16.0 Å². The fourth-order valence-electron chi connectivity index (χ4n) is 1.61. The Hall–Kier alpha value is -1.52. The number of aromatic nitrogens is 2. The molecule has 1 rings (SSSR count). The molecule has 2 N–H and O–H groups in total. The summed E-state index contributed by atoms with van der Waals surface area (Å²) >= 11 is 0. The van der Waals surface area contributed by atoms with Crippen LogP contribution in [0.15, 0.2) is 4.79 Å². The zero-order chi connectivity index (χ0) is 13.9. The minimum absolute atomic E-state index is 0.116. The second kappa shape index (κ2) is 5.89. The lowest BCUT2D eigenvalue weighted by atomic mass is 10.1. The fourth-order valence-corrected chi connectivity index (χ4v) is 1.61. The van der Waals surface area contributed by atoms with E-state index in [0.717, 1.165) is 0 Å². The highest BCUT2D eigenvalue weighted by Gasteiger charge is 2.14. The van der Waals surface area contributed by atoms with Gasteiger partial charge in [-0.15, -0.1) is 0 Å². The minimum Gasteiger partial charge on any atom is -0.464 e. The van der Waals surface area contributed by atoms with E-state index in [4.69, 9.17) is 10.5 Å². The van der Waals surface area contributed by atoms with Gasteiger partial charge >= 0.3 is 6.01 Å². The predicted molar refractivity (Wildman–Crippen MR) is 72.8 cm³/mol. The van der Waals surface area contributed by atoms with Gasteiger partial charge in [0.15, 0.2) is 0 Å². The molecular weight excluding hydrogens is 230 g/mol. The lowest BCUT2D eigenvalue weighted by molar-refractivity contribution is 0.239. The van der Waals surface area contributed by atoms with Gasteiger partial charge in [0, 0.05) is 7.05 Å². The fraction of sp³-hybridized carbons (Fsp3) is 0.692. The molecule has 0 amide bonds. The van der Waals surface area contributed by atoms with Crippen molar-refractivity contribution in [2.75, 3.05) is 12.3 Å². The molecule has 1 heterocycles. The Morgan fingerprint density at radius 3 is 2.39 bits per heavy atom. The number of hydrogen-bond acceptors (Lipinski definition) is 4. The van der Waals surface area contributed by atoms with Gasteiger partial charge in [-0.2, -0.15) is 4.98 Å². The molecule has 0 saturated heterocycles. The van der Waals surface area contributed by atoms with Crippen LogP contribution in [0.4, 0.5) is 5.82 Å². The Kier molecular flexibility index (Phi) is 4.76. The van der Waals surface area contributed by atoms with E-state index in [1.165, 1.54) is 4.57 Å². The van der Waals surface area contributed by atoms with E-state index in [1.54, 1.807) is 7.05 Å². The van der Waals surface area contributed by atoms with Gasteiger partial charge in [0.2, 0.25) is 0 Å². The highest BCUT2D eigenvalue weighted by atomic mass is 16.5. The van der Waals surface area contributed by atoms with Gasteiger partial charge in [0.25, 0.3) is 5.56 Å². The smallest absolute Gasteiger partial charge is 0.300 e. The predicted octanol–water partition coefficient (Wildman–Crippen LogP) is 1.60. The molecule has 0 unspecified atom stereocenters. The third-order valence-electron chi connectivity index (χ3n) is 2.53. The van der Waals surface area contributed by atoms with E-state index < -0.39 is 0 Å². The molecule has 0 spiro atoms. The van der Waals surface area contributed by atoms with Gasteiger partial charge in [0.1, 0.15) is 5.82 Å². The van der Waals surface area contributed by atoms with Crippen LogP contribution in [0.3, 0.4) is 0 Å². The van der Waals surface area contributed by atoms with Crippen LogP contribution in [0.1, 0.15) is 33.3 Å². The zero-order valence-corrected chi connectivity index (χ0v) is 11.9. The van der Waals surface area contributed by atoms with E-state index in [2.05, 4.69) is 4.98 Å². The molecule has 0 fully saturated rings. The van der Waals surface area contributed by atoms with Gasteiger partial charge in [-0.1, -0.05) is 27.7 Å². The Bertz CT molecular complexity index is 464. The molecule has 0 atom stereocenters. The van der Waals surface area contributed by atoms with E-state index in [1.807, 2.05) is 27.7 Å². The summed E-state index contributed by atoms with van der Waals surface area (Å²) in [7, 11) is 1.66. The van der Waals surface area contributed by atoms with Crippen LogP contribution in [-0.2, 0) is 13.5 Å². The molecule has 1 aromatic heterocycles. The number of anilines is 1. The normalized spacial score (nSPS) is 11.3. The SMILES string of the molecule is CC(C)COc1nc(N)c(CC(C)C)c(=O)n1C. The lowest BCUT2D eigenvalue weighted by Gasteiger charge is -2.14. The lowest BCUT2D eigenvalue weighted by Crippen LogP contribution is -2.27. The summed E-state index contributed by atoms with van der Waals surface area (Å²) in [6.07, 6.45) is 0.635. The van der Waals surface area contributed by atoms with Crippen molar-refractivity contribution in [2.24, 2.45) is 18.9 Å². The Morgan fingerprint density at radius 1 is 1.28 bits per heavy atom. The number of nitrogen functional groups attached to an aromatic ring is 1. The molecule has 0 aromatic carbocycles. The van der Waals surface area contributed by atoms with Crippen molar-refractivity contribution in [3.8, 4) is 6.01 Å². The van der Waals surface area contributed by atoms with Crippen molar-refractivity contribution in [1.29, 1.82) is 0 Å². The van der Waals surface area contributed by atoms with Crippen LogP contribution in [0.2, 0.25) is 0 Å². The maximum absolute atomic E-state index is 12.2. The van der Waals surface area contributed by atoms with Crippen LogP contribution in [0, 0.1) is 11.8 Å². The third-order valence-corrected chi connectivity index (χ3v) is 2.53. The van der Waals surface area contributed by atoms with E-state index in [9.17, 15) is 4.79 Å². The third kappa shape index (κ3) is 3.48. The van der Waals surface area contributed by atoms with Gasteiger partial charge < -0.3 is 10.5 Å². The number of rotatable bonds is 5. The standard InChI is InChI=1S/C13H23N3O2/c1-8(2)6-10-11(14)15-13(16(5)12(10)17)18-7-9(3)4/h8-9H,6-7,14H2,1-5H3. The molecule has 5 heteroatoms. The van der Waals surface area contributed by atoms with Gasteiger partial charge in [-0.05, 0) is 18.3 Å². The average molecular weight is 253 g/mol. The van der Waals surface area contributed by atoms with Crippen molar-refractivity contribution >= 4 is 5.82 Å². The van der Waals surface area contributed by atoms with Crippen LogP contribution >= 0.6 is 0 Å². The second-order valence-corrected chi connectivity index (χ2v) is 5.43. The molecule has 102 valence electrons. The molecule has 18 heavy (non-hydrogen) atoms. The molecule has 0 aliphatic heterocycles. The average Bonchev–Trinajstić information content (AvgIpc) is 2.27. The molecule has 0 saturated carbocycles. The van der Waals surface area contributed by atoms with E-state index in [-0.39, 0.29) is 11.4 Å². The number of ether oxygens (including phenoxy) is 1. The summed E-state index contributed by atoms with van der Waals surface area (Å²) in [6.45, 7) is 8.68. The maximum atomic E-state index is 12.2.